The molecule has 0 bridgehead atoms. The molecule has 0 fully saturated rings. The molecule has 1 atom stereocenters. The van der Waals surface area contributed by atoms with Crippen LogP contribution in [0.1, 0.15) is 57.3 Å². The molecule has 6 nitrogen and oxygen atoms in total. The molecule has 0 N–H and O–H groups in total. The number of hydrogen-bond acceptors (Lipinski definition) is 4. The van der Waals surface area contributed by atoms with Gasteiger partial charge in [-0.15, -0.1) is 0 Å². The van der Waals surface area contributed by atoms with Crippen LogP contribution >= 0.6 is 15.9 Å². The molecule has 1 amide bonds. The largest absolute Gasteiger partial charge is 0.495 e. The predicted molar refractivity (Wildman–Crippen MR) is 127 cm³/mol. The lowest BCUT2D eigenvalue weighted by atomic mass is 9.85. The van der Waals surface area contributed by atoms with E-state index in [2.05, 4.69) is 26.0 Å². The monoisotopic (exact) mass is 548 g/mol. The van der Waals surface area contributed by atoms with Crippen LogP contribution in [0.3, 0.4) is 0 Å². The van der Waals surface area contributed by atoms with Gasteiger partial charge < -0.3 is 9.64 Å². The summed E-state index contributed by atoms with van der Waals surface area (Å²) in [5.41, 5.74) is 3.23. The number of carbonyl (C=O) groups excluding carboxylic acids is 1. The summed E-state index contributed by atoms with van der Waals surface area (Å²) >= 11 is 3.41. The number of aromatic nitrogens is 3. The van der Waals surface area contributed by atoms with Gasteiger partial charge in [-0.3, -0.25) is 14.5 Å². The van der Waals surface area contributed by atoms with E-state index in [-0.39, 0.29) is 17.5 Å². The molecule has 0 spiro atoms. The highest BCUT2D eigenvalue weighted by Crippen LogP contribution is 2.42. The van der Waals surface area contributed by atoms with Crippen molar-refractivity contribution in [2.24, 2.45) is 7.05 Å². The van der Waals surface area contributed by atoms with E-state index < -0.39 is 11.9 Å². The van der Waals surface area contributed by atoms with Gasteiger partial charge in [0.2, 0.25) is 0 Å². The molecule has 5 rings (SSSR count). The number of amides is 1. The summed E-state index contributed by atoms with van der Waals surface area (Å²) in [6, 6.07) is 5.31. The normalized spacial score (nSPS) is 17.8. The van der Waals surface area contributed by atoms with Crippen molar-refractivity contribution in [3.8, 4) is 16.9 Å². The van der Waals surface area contributed by atoms with E-state index in [0.717, 1.165) is 36.1 Å². The Hall–Kier alpha value is -2.88. The molecule has 2 aliphatic rings. The fourth-order valence-electron chi connectivity index (χ4n) is 5.23. The Morgan fingerprint density at radius 3 is 2.66 bits per heavy atom. The quantitative estimate of drug-likeness (QED) is 0.405. The third kappa shape index (κ3) is 4.22. The lowest BCUT2D eigenvalue weighted by Gasteiger charge is -2.39. The Bertz CT molecular complexity index is 1300. The van der Waals surface area contributed by atoms with E-state index in [0.29, 0.717) is 40.7 Å². The van der Waals surface area contributed by atoms with Crippen LogP contribution in [-0.2, 0) is 31.4 Å². The maximum absolute atomic E-state index is 13.8. The first kappa shape index (κ1) is 23.8. The van der Waals surface area contributed by atoms with Gasteiger partial charge in [-0.2, -0.15) is 18.3 Å². The van der Waals surface area contributed by atoms with Crippen molar-refractivity contribution in [3.05, 3.63) is 64.2 Å². The number of alkyl halides is 4. The minimum absolute atomic E-state index is 0.00255. The molecule has 2 aromatic heterocycles. The number of ether oxygens (including phenoxy) is 1. The number of benzene rings is 1. The van der Waals surface area contributed by atoms with E-state index in [4.69, 9.17) is 4.74 Å². The Morgan fingerprint density at radius 1 is 1.17 bits per heavy atom. The molecule has 184 valence electrons. The van der Waals surface area contributed by atoms with E-state index >= 15 is 0 Å². The summed E-state index contributed by atoms with van der Waals surface area (Å²) in [5.74, 6) is 0.467. The maximum atomic E-state index is 13.8. The van der Waals surface area contributed by atoms with Gasteiger partial charge in [0.05, 0.1) is 19.3 Å². The first-order chi connectivity index (χ1) is 16.7. The van der Waals surface area contributed by atoms with Crippen molar-refractivity contribution < 1.29 is 22.7 Å². The van der Waals surface area contributed by atoms with Crippen LogP contribution in [0.25, 0.3) is 11.1 Å². The van der Waals surface area contributed by atoms with Crippen molar-refractivity contribution in [2.45, 2.75) is 43.2 Å². The lowest BCUT2D eigenvalue weighted by Crippen LogP contribution is -2.42. The standard InChI is InChI=1S/C25H24BrF3N4O2/c1-32-13-20(23(31-32)25(27,28)29)17-8-14(11-26)9-18-16(17)6-7-33(24(18)34)22-5-3-4-21-19(22)10-15(35-2)12-30-21/h8-10,12-13,22H,3-7,11H2,1-2H3/t22-/m0/s1. The van der Waals surface area contributed by atoms with Crippen LogP contribution in [-0.4, -0.2) is 39.2 Å². The van der Waals surface area contributed by atoms with Crippen LogP contribution in [0.5, 0.6) is 5.75 Å². The van der Waals surface area contributed by atoms with Gasteiger partial charge >= 0.3 is 6.18 Å². The zero-order chi connectivity index (χ0) is 24.9. The smallest absolute Gasteiger partial charge is 0.435 e. The molecule has 3 heterocycles. The molecular formula is C25H24BrF3N4O2. The van der Waals surface area contributed by atoms with Gasteiger partial charge in [0.15, 0.2) is 5.69 Å². The summed E-state index contributed by atoms with van der Waals surface area (Å²) < 4.78 is 47.8. The summed E-state index contributed by atoms with van der Waals surface area (Å²) in [5, 5.41) is 4.09. The summed E-state index contributed by atoms with van der Waals surface area (Å²) in [6.45, 7) is 0.412. The van der Waals surface area contributed by atoms with E-state index in [1.807, 2.05) is 11.0 Å². The number of nitrogens with zero attached hydrogens (tertiary/aromatic N) is 4. The van der Waals surface area contributed by atoms with Crippen molar-refractivity contribution in [1.82, 2.24) is 19.7 Å². The van der Waals surface area contributed by atoms with Crippen LogP contribution in [0.2, 0.25) is 0 Å². The third-order valence-electron chi connectivity index (χ3n) is 6.79. The lowest BCUT2D eigenvalue weighted by molar-refractivity contribution is -0.140. The van der Waals surface area contributed by atoms with Gasteiger partial charge in [0.1, 0.15) is 5.75 Å². The average molecular weight is 549 g/mol. The van der Waals surface area contributed by atoms with Crippen molar-refractivity contribution in [1.29, 1.82) is 0 Å². The molecule has 3 aromatic rings. The van der Waals surface area contributed by atoms with Crippen molar-refractivity contribution >= 4 is 21.8 Å². The van der Waals surface area contributed by atoms with E-state index in [1.165, 1.54) is 17.9 Å². The molecule has 0 saturated heterocycles. The van der Waals surface area contributed by atoms with Gasteiger partial charge in [-0.25, -0.2) is 0 Å². The van der Waals surface area contributed by atoms with Gasteiger partial charge in [-0.05, 0) is 66.1 Å². The Kier molecular flexibility index (Phi) is 6.11. The number of aryl methyl sites for hydroxylation is 2. The molecule has 0 unspecified atom stereocenters. The summed E-state index contributed by atoms with van der Waals surface area (Å²) in [6.07, 6.45) is 1.47. The molecule has 1 aromatic carbocycles. The zero-order valence-corrected chi connectivity index (χ0v) is 20.9. The Labute approximate surface area is 209 Å². The van der Waals surface area contributed by atoms with Crippen LogP contribution < -0.4 is 4.74 Å². The number of rotatable bonds is 4. The van der Waals surface area contributed by atoms with E-state index in [1.54, 1.807) is 25.4 Å². The highest BCUT2D eigenvalue weighted by molar-refractivity contribution is 9.08. The van der Waals surface area contributed by atoms with Gasteiger partial charge in [-0.1, -0.05) is 15.9 Å². The molecule has 35 heavy (non-hydrogen) atoms. The molecular weight excluding hydrogens is 525 g/mol. The second-order valence-electron chi connectivity index (χ2n) is 8.93. The average Bonchev–Trinajstić information content (AvgIpc) is 3.25. The SMILES string of the molecule is COc1cnc2c(c1)[C@@H](N1CCc3c(cc(CBr)cc3-c3cn(C)nc3C(F)(F)F)C1=O)CCC2. The summed E-state index contributed by atoms with van der Waals surface area (Å²) in [7, 11) is 3.05. The van der Waals surface area contributed by atoms with Crippen LogP contribution in [0, 0.1) is 0 Å². The number of pyridine rings is 1. The molecule has 0 radical (unpaired) electrons. The molecule has 1 aliphatic heterocycles. The minimum atomic E-state index is -4.60. The zero-order valence-electron chi connectivity index (χ0n) is 19.3. The predicted octanol–water partition coefficient (Wildman–Crippen LogP) is 5.48. The molecule has 10 heteroatoms. The molecule has 0 saturated carbocycles. The van der Waals surface area contributed by atoms with Crippen molar-refractivity contribution in [2.75, 3.05) is 13.7 Å². The highest BCUT2D eigenvalue weighted by atomic mass is 79.9. The number of halogens is 4. The fourth-order valence-corrected chi connectivity index (χ4v) is 5.55. The van der Waals surface area contributed by atoms with Gasteiger partial charge in [0.25, 0.3) is 5.91 Å². The second kappa shape index (κ2) is 8.96. The van der Waals surface area contributed by atoms with Crippen molar-refractivity contribution in [3.63, 3.8) is 0 Å². The first-order valence-corrected chi connectivity index (χ1v) is 12.5. The number of carbonyl (C=O) groups is 1. The highest BCUT2D eigenvalue weighted by Gasteiger charge is 2.40. The number of hydrogen-bond donors (Lipinski definition) is 0. The van der Waals surface area contributed by atoms with E-state index in [9.17, 15) is 18.0 Å². The summed E-state index contributed by atoms with van der Waals surface area (Å²) in [4.78, 5) is 20.2. The fraction of sp³-hybridized carbons (Fsp3) is 0.400. The minimum Gasteiger partial charge on any atom is -0.495 e. The number of methoxy groups -OCH3 is 1. The third-order valence-corrected chi connectivity index (χ3v) is 7.43. The van der Waals surface area contributed by atoms with Crippen LogP contribution in [0.15, 0.2) is 30.6 Å². The molecule has 1 aliphatic carbocycles. The van der Waals surface area contributed by atoms with Gasteiger partial charge in [0, 0.05) is 41.9 Å². The first-order valence-electron chi connectivity index (χ1n) is 11.4. The topological polar surface area (TPSA) is 60.2 Å². The van der Waals surface area contributed by atoms with Crippen LogP contribution in [0.4, 0.5) is 13.2 Å². The Balaban J connectivity index is 1.60. The number of fused-ring (bicyclic) bond motifs is 2. The second-order valence-corrected chi connectivity index (χ2v) is 9.49. The Morgan fingerprint density at radius 2 is 1.94 bits per heavy atom. The maximum Gasteiger partial charge on any atom is 0.435 e.